The number of halogens is 1. The van der Waals surface area contributed by atoms with Crippen molar-refractivity contribution in [2.75, 3.05) is 0 Å². The molecule has 5 heteroatoms. The van der Waals surface area contributed by atoms with Gasteiger partial charge in [0.25, 0.3) is 0 Å². The highest BCUT2D eigenvalue weighted by Crippen LogP contribution is 2.34. The van der Waals surface area contributed by atoms with Gasteiger partial charge in [0.05, 0.1) is 21.3 Å². The predicted molar refractivity (Wildman–Crippen MR) is 71.5 cm³/mol. The van der Waals surface area contributed by atoms with E-state index in [1.807, 2.05) is 13.0 Å². The van der Waals surface area contributed by atoms with Gasteiger partial charge in [0, 0.05) is 18.0 Å². The minimum Gasteiger partial charge on any atom is -0.349 e. The molecule has 3 nitrogen and oxygen atoms in total. The minimum atomic E-state index is -0.0200. The van der Waals surface area contributed by atoms with Crippen LogP contribution in [0.2, 0.25) is 5.02 Å². The third-order valence-electron chi connectivity index (χ3n) is 2.51. The minimum absolute atomic E-state index is 0.0200. The number of rotatable bonds is 3. The van der Waals surface area contributed by atoms with Crippen LogP contribution in [0.15, 0.2) is 18.3 Å². The van der Waals surface area contributed by atoms with Gasteiger partial charge in [0.1, 0.15) is 0 Å². The van der Waals surface area contributed by atoms with Gasteiger partial charge in [0.2, 0.25) is 5.91 Å². The standard InChI is InChI=1S/C12H13ClN2OS/c1-3-9(15-7(2)16)11-6-10-12(17-11)8(13)4-5-14-10/h4-6,9H,3H2,1-2H3,(H,15,16). The molecule has 1 unspecified atom stereocenters. The maximum atomic E-state index is 11.1. The van der Waals surface area contributed by atoms with Crippen LogP contribution >= 0.6 is 22.9 Å². The molecule has 2 aromatic heterocycles. The summed E-state index contributed by atoms with van der Waals surface area (Å²) >= 11 is 7.70. The van der Waals surface area contributed by atoms with Crippen LogP contribution in [0, 0.1) is 0 Å². The van der Waals surface area contributed by atoms with Gasteiger partial charge in [0.15, 0.2) is 0 Å². The van der Waals surface area contributed by atoms with E-state index in [-0.39, 0.29) is 11.9 Å². The number of fused-ring (bicyclic) bond motifs is 1. The predicted octanol–water partition coefficient (Wildman–Crippen LogP) is 3.54. The van der Waals surface area contributed by atoms with Crippen LogP contribution in [0.5, 0.6) is 0 Å². The lowest BCUT2D eigenvalue weighted by molar-refractivity contribution is -0.119. The summed E-state index contributed by atoms with van der Waals surface area (Å²) in [5.74, 6) is -0.0200. The number of thiophene rings is 1. The lowest BCUT2D eigenvalue weighted by atomic mass is 10.2. The smallest absolute Gasteiger partial charge is 0.217 e. The van der Waals surface area contributed by atoms with Crippen LogP contribution < -0.4 is 5.32 Å². The Bertz CT molecular complexity index is 552. The molecular weight excluding hydrogens is 256 g/mol. The number of pyridine rings is 1. The molecule has 0 fully saturated rings. The van der Waals surface area contributed by atoms with E-state index in [0.29, 0.717) is 5.02 Å². The molecule has 1 N–H and O–H groups in total. The lowest BCUT2D eigenvalue weighted by Crippen LogP contribution is -2.24. The second-order valence-corrected chi connectivity index (χ2v) is 5.31. The van der Waals surface area contributed by atoms with Gasteiger partial charge in [-0.05, 0) is 18.6 Å². The van der Waals surface area contributed by atoms with E-state index in [1.54, 1.807) is 23.6 Å². The molecule has 0 bridgehead atoms. The average molecular weight is 269 g/mol. The maximum absolute atomic E-state index is 11.1. The topological polar surface area (TPSA) is 42.0 Å². The zero-order valence-corrected chi connectivity index (χ0v) is 11.2. The molecule has 90 valence electrons. The maximum Gasteiger partial charge on any atom is 0.217 e. The van der Waals surface area contributed by atoms with Gasteiger partial charge in [-0.3, -0.25) is 9.78 Å². The monoisotopic (exact) mass is 268 g/mol. The fraction of sp³-hybridized carbons (Fsp3) is 0.333. The van der Waals surface area contributed by atoms with Crippen molar-refractivity contribution in [3.8, 4) is 0 Å². The molecular formula is C12H13ClN2OS. The number of nitrogens with one attached hydrogen (secondary N) is 1. The molecule has 0 radical (unpaired) electrons. The molecule has 0 saturated heterocycles. The molecule has 0 spiro atoms. The second-order valence-electron chi connectivity index (χ2n) is 3.82. The second kappa shape index (κ2) is 5.02. The van der Waals surface area contributed by atoms with Gasteiger partial charge < -0.3 is 5.32 Å². The number of amides is 1. The van der Waals surface area contributed by atoms with Crippen LogP contribution in [0.25, 0.3) is 10.2 Å². The molecule has 1 atom stereocenters. The van der Waals surface area contributed by atoms with Crippen molar-refractivity contribution in [3.63, 3.8) is 0 Å². The molecule has 2 aromatic rings. The lowest BCUT2D eigenvalue weighted by Gasteiger charge is -2.13. The number of carbonyl (C=O) groups excluding carboxylic acids is 1. The highest BCUT2D eigenvalue weighted by molar-refractivity contribution is 7.19. The molecule has 2 rings (SSSR count). The first-order valence-electron chi connectivity index (χ1n) is 5.43. The number of aromatic nitrogens is 1. The van der Waals surface area contributed by atoms with E-state index in [1.165, 1.54) is 6.92 Å². The van der Waals surface area contributed by atoms with E-state index in [9.17, 15) is 4.79 Å². The van der Waals surface area contributed by atoms with E-state index < -0.39 is 0 Å². The van der Waals surface area contributed by atoms with Crippen molar-refractivity contribution in [2.45, 2.75) is 26.3 Å². The average Bonchev–Trinajstić information content (AvgIpc) is 2.70. The Hall–Kier alpha value is -1.13. The normalized spacial score (nSPS) is 12.6. The summed E-state index contributed by atoms with van der Waals surface area (Å²) in [6.45, 7) is 3.57. The van der Waals surface area contributed by atoms with Gasteiger partial charge in [-0.15, -0.1) is 11.3 Å². The fourth-order valence-electron chi connectivity index (χ4n) is 1.72. The fourth-order valence-corrected chi connectivity index (χ4v) is 3.14. The Morgan fingerprint density at radius 2 is 2.41 bits per heavy atom. The number of hydrogen-bond acceptors (Lipinski definition) is 3. The Morgan fingerprint density at radius 3 is 3.00 bits per heavy atom. The Morgan fingerprint density at radius 1 is 1.65 bits per heavy atom. The van der Waals surface area contributed by atoms with Crippen LogP contribution in [-0.2, 0) is 4.79 Å². The van der Waals surface area contributed by atoms with Crippen LogP contribution in [0.3, 0.4) is 0 Å². The van der Waals surface area contributed by atoms with Crippen molar-refractivity contribution in [1.29, 1.82) is 0 Å². The van der Waals surface area contributed by atoms with E-state index in [4.69, 9.17) is 11.6 Å². The summed E-state index contributed by atoms with van der Waals surface area (Å²) in [5, 5.41) is 3.64. The molecule has 0 aliphatic carbocycles. The SMILES string of the molecule is CCC(NC(C)=O)c1cc2nccc(Cl)c2s1. The first-order chi connectivity index (χ1) is 8.11. The van der Waals surface area contributed by atoms with Crippen LogP contribution in [-0.4, -0.2) is 10.9 Å². The number of carbonyl (C=O) groups is 1. The Balaban J connectivity index is 2.41. The van der Waals surface area contributed by atoms with E-state index in [0.717, 1.165) is 21.5 Å². The summed E-state index contributed by atoms with van der Waals surface area (Å²) in [5.41, 5.74) is 0.890. The molecule has 0 saturated carbocycles. The van der Waals surface area contributed by atoms with Crippen molar-refractivity contribution >= 4 is 39.1 Å². The summed E-state index contributed by atoms with van der Waals surface area (Å²) in [7, 11) is 0. The molecule has 0 aliphatic rings. The number of nitrogens with zero attached hydrogens (tertiary/aromatic N) is 1. The largest absolute Gasteiger partial charge is 0.349 e. The molecule has 0 aliphatic heterocycles. The highest BCUT2D eigenvalue weighted by atomic mass is 35.5. The third kappa shape index (κ3) is 2.58. The zero-order chi connectivity index (χ0) is 12.4. The quantitative estimate of drug-likeness (QED) is 0.925. The van der Waals surface area contributed by atoms with Gasteiger partial charge in [-0.2, -0.15) is 0 Å². The molecule has 0 aromatic carbocycles. The van der Waals surface area contributed by atoms with Crippen molar-refractivity contribution in [3.05, 3.63) is 28.2 Å². The number of hydrogen-bond donors (Lipinski definition) is 1. The van der Waals surface area contributed by atoms with Gasteiger partial charge in [-0.1, -0.05) is 18.5 Å². The van der Waals surface area contributed by atoms with Crippen molar-refractivity contribution in [1.82, 2.24) is 10.3 Å². The van der Waals surface area contributed by atoms with Crippen LogP contribution in [0.1, 0.15) is 31.2 Å². The third-order valence-corrected chi connectivity index (χ3v) is 4.21. The first-order valence-corrected chi connectivity index (χ1v) is 6.62. The van der Waals surface area contributed by atoms with Gasteiger partial charge in [-0.25, -0.2) is 0 Å². The summed E-state index contributed by atoms with van der Waals surface area (Å²) in [6.07, 6.45) is 2.55. The highest BCUT2D eigenvalue weighted by Gasteiger charge is 2.15. The molecule has 1 amide bonds. The van der Waals surface area contributed by atoms with Crippen LogP contribution in [0.4, 0.5) is 0 Å². The van der Waals surface area contributed by atoms with Crippen molar-refractivity contribution in [2.24, 2.45) is 0 Å². The van der Waals surface area contributed by atoms with Crippen molar-refractivity contribution < 1.29 is 4.79 Å². The molecule has 17 heavy (non-hydrogen) atoms. The summed E-state index contributed by atoms with van der Waals surface area (Å²) in [4.78, 5) is 16.5. The Kier molecular flexibility index (Phi) is 3.64. The van der Waals surface area contributed by atoms with E-state index >= 15 is 0 Å². The summed E-state index contributed by atoms with van der Waals surface area (Å²) in [6, 6.07) is 3.82. The first kappa shape index (κ1) is 12.3. The van der Waals surface area contributed by atoms with E-state index in [2.05, 4.69) is 10.3 Å². The zero-order valence-electron chi connectivity index (χ0n) is 9.66. The molecule has 2 heterocycles. The van der Waals surface area contributed by atoms with Gasteiger partial charge >= 0.3 is 0 Å². The summed E-state index contributed by atoms with van der Waals surface area (Å²) < 4.78 is 0.980. The Labute approximate surface area is 109 Å².